The van der Waals surface area contributed by atoms with Gasteiger partial charge in [-0.05, 0) is 55.4 Å². The molecule has 1 unspecified atom stereocenters. The van der Waals surface area contributed by atoms with E-state index in [0.717, 1.165) is 35.3 Å². The van der Waals surface area contributed by atoms with Gasteiger partial charge in [0.15, 0.2) is 0 Å². The van der Waals surface area contributed by atoms with Crippen LogP contribution in [0.2, 0.25) is 0 Å². The fourth-order valence-electron chi connectivity index (χ4n) is 4.19. The topological polar surface area (TPSA) is 38.3 Å². The summed E-state index contributed by atoms with van der Waals surface area (Å²) in [6, 6.07) is 10.8. The second kappa shape index (κ2) is 6.55. The quantitative estimate of drug-likeness (QED) is 0.921. The largest absolute Gasteiger partial charge is 0.493 e. The average Bonchev–Trinajstić information content (AvgIpc) is 3.03. The Morgan fingerprint density at radius 3 is 2.88 bits per heavy atom. The summed E-state index contributed by atoms with van der Waals surface area (Å²) in [5.41, 5.74) is 7.46. The molecule has 0 radical (unpaired) electrons. The molecule has 1 aliphatic carbocycles. The lowest BCUT2D eigenvalue weighted by Gasteiger charge is -2.28. The van der Waals surface area contributed by atoms with Crippen molar-refractivity contribution in [1.82, 2.24) is 5.32 Å². The van der Waals surface area contributed by atoms with Gasteiger partial charge in [0, 0.05) is 12.0 Å². The molecule has 0 fully saturated rings. The van der Waals surface area contributed by atoms with Gasteiger partial charge in [0.05, 0.1) is 19.1 Å². The van der Waals surface area contributed by atoms with E-state index in [2.05, 4.69) is 49.5 Å². The Hall–Kier alpha value is -2.29. The first-order valence-electron chi connectivity index (χ1n) is 9.24. The van der Waals surface area contributed by atoms with Crippen LogP contribution in [0, 0.1) is 13.8 Å². The summed E-state index contributed by atoms with van der Waals surface area (Å²) < 4.78 is 5.84. The van der Waals surface area contributed by atoms with Crippen molar-refractivity contribution in [2.45, 2.75) is 52.0 Å². The fourth-order valence-corrected chi connectivity index (χ4v) is 4.19. The Bertz CT molecular complexity index is 825. The normalized spacial score (nSPS) is 18.2. The van der Waals surface area contributed by atoms with Crippen molar-refractivity contribution in [3.8, 4) is 5.75 Å². The number of carbonyl (C=O) groups excluding carboxylic acids is 1. The van der Waals surface area contributed by atoms with Crippen LogP contribution < -0.4 is 10.1 Å². The lowest BCUT2D eigenvalue weighted by Crippen LogP contribution is -2.33. The van der Waals surface area contributed by atoms with Gasteiger partial charge in [0.1, 0.15) is 5.75 Å². The van der Waals surface area contributed by atoms with Crippen LogP contribution in [0.15, 0.2) is 30.3 Å². The number of rotatable bonds is 3. The Morgan fingerprint density at radius 1 is 1.16 bits per heavy atom. The van der Waals surface area contributed by atoms with E-state index in [9.17, 15) is 4.79 Å². The molecule has 1 heterocycles. The Morgan fingerprint density at radius 2 is 2.00 bits per heavy atom. The van der Waals surface area contributed by atoms with Crippen molar-refractivity contribution in [2.75, 3.05) is 6.61 Å². The minimum Gasteiger partial charge on any atom is -0.493 e. The average molecular weight is 335 g/mol. The molecule has 4 rings (SSSR count). The second-order valence-electron chi connectivity index (χ2n) is 7.39. The molecule has 0 spiro atoms. The number of hydrogen-bond donors (Lipinski definition) is 1. The first-order valence-corrected chi connectivity index (χ1v) is 9.24. The maximum absolute atomic E-state index is 12.6. The van der Waals surface area contributed by atoms with E-state index < -0.39 is 0 Å². The summed E-state index contributed by atoms with van der Waals surface area (Å²) >= 11 is 0. The lowest BCUT2D eigenvalue weighted by molar-refractivity contribution is -0.121. The number of benzene rings is 2. The second-order valence-corrected chi connectivity index (χ2v) is 7.39. The predicted octanol–water partition coefficient (Wildman–Crippen LogP) is 3.97. The maximum Gasteiger partial charge on any atom is 0.224 e. The molecule has 1 amide bonds. The third-order valence-electron chi connectivity index (χ3n) is 5.34. The van der Waals surface area contributed by atoms with E-state index >= 15 is 0 Å². The Balaban J connectivity index is 1.49. The summed E-state index contributed by atoms with van der Waals surface area (Å²) in [5, 5.41) is 3.23. The van der Waals surface area contributed by atoms with Crippen LogP contribution >= 0.6 is 0 Å². The molecule has 0 saturated carbocycles. The lowest BCUT2D eigenvalue weighted by atomic mass is 9.95. The molecule has 1 N–H and O–H groups in total. The summed E-state index contributed by atoms with van der Waals surface area (Å²) in [7, 11) is 0. The molecule has 0 aromatic heterocycles. The van der Waals surface area contributed by atoms with E-state index in [-0.39, 0.29) is 11.9 Å². The number of ether oxygens (including phenoxy) is 1. The Kier molecular flexibility index (Phi) is 4.24. The van der Waals surface area contributed by atoms with Crippen LogP contribution in [-0.4, -0.2) is 12.5 Å². The van der Waals surface area contributed by atoms with Gasteiger partial charge in [-0.2, -0.15) is 0 Å². The SMILES string of the molecule is Cc1cc(C)c2c(c1)C(NC(=O)Cc1ccc3c(c1)CCC3)CCO2. The van der Waals surface area contributed by atoms with Gasteiger partial charge in [0.25, 0.3) is 0 Å². The summed E-state index contributed by atoms with van der Waals surface area (Å²) in [6.07, 6.45) is 4.84. The molecule has 1 aliphatic heterocycles. The van der Waals surface area contributed by atoms with E-state index in [1.165, 1.54) is 29.5 Å². The van der Waals surface area contributed by atoms with Gasteiger partial charge in [-0.3, -0.25) is 4.79 Å². The summed E-state index contributed by atoms with van der Waals surface area (Å²) in [5.74, 6) is 1.04. The van der Waals surface area contributed by atoms with Crippen LogP contribution in [0.3, 0.4) is 0 Å². The summed E-state index contributed by atoms with van der Waals surface area (Å²) in [4.78, 5) is 12.6. The molecular weight excluding hydrogens is 310 g/mol. The molecule has 0 saturated heterocycles. The van der Waals surface area contributed by atoms with E-state index in [4.69, 9.17) is 4.74 Å². The van der Waals surface area contributed by atoms with Crippen LogP contribution in [0.4, 0.5) is 0 Å². The molecular formula is C22H25NO2. The van der Waals surface area contributed by atoms with Crippen molar-refractivity contribution in [3.05, 3.63) is 63.7 Å². The molecule has 1 atom stereocenters. The van der Waals surface area contributed by atoms with E-state index in [1.807, 2.05) is 0 Å². The highest BCUT2D eigenvalue weighted by Crippen LogP contribution is 2.35. The number of nitrogens with one attached hydrogen (secondary N) is 1. The van der Waals surface area contributed by atoms with Crippen molar-refractivity contribution in [1.29, 1.82) is 0 Å². The van der Waals surface area contributed by atoms with Crippen LogP contribution in [0.25, 0.3) is 0 Å². The van der Waals surface area contributed by atoms with Crippen molar-refractivity contribution >= 4 is 5.91 Å². The Labute approximate surface area is 149 Å². The van der Waals surface area contributed by atoms with Gasteiger partial charge >= 0.3 is 0 Å². The van der Waals surface area contributed by atoms with Crippen molar-refractivity contribution in [2.24, 2.45) is 0 Å². The number of hydrogen-bond acceptors (Lipinski definition) is 2. The molecule has 2 aromatic rings. The van der Waals surface area contributed by atoms with E-state index in [1.54, 1.807) is 0 Å². The monoisotopic (exact) mass is 335 g/mol. The number of fused-ring (bicyclic) bond motifs is 2. The third-order valence-corrected chi connectivity index (χ3v) is 5.34. The van der Waals surface area contributed by atoms with Crippen LogP contribution in [-0.2, 0) is 24.1 Å². The van der Waals surface area contributed by atoms with Gasteiger partial charge in [0.2, 0.25) is 5.91 Å². The van der Waals surface area contributed by atoms with Crippen LogP contribution in [0.1, 0.15) is 52.3 Å². The fraction of sp³-hybridized carbons (Fsp3) is 0.409. The number of amides is 1. The maximum atomic E-state index is 12.6. The zero-order chi connectivity index (χ0) is 17.4. The minimum absolute atomic E-state index is 0.0456. The first kappa shape index (κ1) is 16.2. The molecule has 0 bridgehead atoms. The molecule has 3 heteroatoms. The highest BCUT2D eigenvalue weighted by molar-refractivity contribution is 5.79. The molecule has 130 valence electrons. The highest BCUT2D eigenvalue weighted by Gasteiger charge is 2.25. The predicted molar refractivity (Wildman–Crippen MR) is 99.1 cm³/mol. The first-order chi connectivity index (χ1) is 12.1. The molecule has 25 heavy (non-hydrogen) atoms. The molecule has 2 aliphatic rings. The van der Waals surface area contributed by atoms with E-state index in [0.29, 0.717) is 13.0 Å². The van der Waals surface area contributed by atoms with Gasteiger partial charge in [-0.25, -0.2) is 0 Å². The van der Waals surface area contributed by atoms with Gasteiger partial charge in [-0.15, -0.1) is 0 Å². The van der Waals surface area contributed by atoms with Gasteiger partial charge in [-0.1, -0.05) is 35.9 Å². The number of aryl methyl sites for hydroxylation is 4. The van der Waals surface area contributed by atoms with Gasteiger partial charge < -0.3 is 10.1 Å². The third kappa shape index (κ3) is 3.28. The molecule has 2 aromatic carbocycles. The zero-order valence-corrected chi connectivity index (χ0v) is 15.0. The zero-order valence-electron chi connectivity index (χ0n) is 15.0. The smallest absolute Gasteiger partial charge is 0.224 e. The molecule has 3 nitrogen and oxygen atoms in total. The van der Waals surface area contributed by atoms with Crippen molar-refractivity contribution in [3.63, 3.8) is 0 Å². The standard InChI is InChI=1S/C22H25NO2/c1-14-10-15(2)22-19(11-14)20(8-9-25-22)23-21(24)13-16-6-7-17-4-3-5-18(17)12-16/h6-7,10-12,20H,3-5,8-9,13H2,1-2H3,(H,23,24). The minimum atomic E-state index is 0.0456. The van der Waals surface area contributed by atoms with Crippen molar-refractivity contribution < 1.29 is 9.53 Å². The highest BCUT2D eigenvalue weighted by atomic mass is 16.5. The van der Waals surface area contributed by atoms with Crippen LogP contribution in [0.5, 0.6) is 5.75 Å². The summed E-state index contributed by atoms with van der Waals surface area (Å²) in [6.45, 7) is 4.81. The number of carbonyl (C=O) groups is 1.